The summed E-state index contributed by atoms with van der Waals surface area (Å²) >= 11 is 0. The number of methoxy groups -OCH3 is 1. The van der Waals surface area contributed by atoms with Gasteiger partial charge in [0, 0.05) is 37.5 Å². The molecule has 1 fully saturated rings. The topological polar surface area (TPSA) is 132 Å². The fraction of sp³-hybridized carbons (Fsp3) is 0.267. The number of nitrogens with one attached hydrogen (secondary N) is 3. The number of amides is 3. The van der Waals surface area contributed by atoms with Crippen LogP contribution in [0.1, 0.15) is 27.7 Å². The Labute approximate surface area is 251 Å². The van der Waals surface area contributed by atoms with E-state index >= 15 is 0 Å². The maximum atomic E-state index is 14.1. The molecule has 0 aliphatic carbocycles. The molecule has 12 nitrogen and oxygen atoms in total. The zero-order chi connectivity index (χ0) is 31.2. The van der Waals surface area contributed by atoms with Crippen molar-refractivity contribution in [2.75, 3.05) is 39.2 Å². The van der Waals surface area contributed by atoms with Gasteiger partial charge in [0.15, 0.2) is 11.6 Å². The Hall–Kier alpha value is -4.76. The molecular formula is C30H31F2N7O5. The molecule has 1 saturated heterocycles. The van der Waals surface area contributed by atoms with Crippen LogP contribution in [0.15, 0.2) is 66.9 Å². The molecule has 44 heavy (non-hydrogen) atoms. The molecule has 0 radical (unpaired) electrons. The Bertz CT molecular complexity index is 1640. The smallest absolute Gasteiger partial charge is 0.320 e. The zero-order valence-electron chi connectivity index (χ0n) is 24.2. The minimum atomic E-state index is -1.02. The molecule has 3 heterocycles. The minimum absolute atomic E-state index is 0.118. The van der Waals surface area contributed by atoms with Gasteiger partial charge in [-0.25, -0.2) is 23.7 Å². The molecule has 1 aliphatic heterocycles. The highest BCUT2D eigenvalue weighted by Crippen LogP contribution is 2.32. The van der Waals surface area contributed by atoms with E-state index < -0.39 is 35.7 Å². The van der Waals surface area contributed by atoms with Crippen LogP contribution in [0.3, 0.4) is 0 Å². The number of carbonyl (C=O) groups excluding carboxylic acids is 2. The number of aromatic nitrogens is 3. The third-order valence-corrected chi connectivity index (χ3v) is 6.98. The van der Waals surface area contributed by atoms with Crippen LogP contribution in [-0.2, 0) is 14.4 Å². The molecule has 5 rings (SSSR count). The third kappa shape index (κ3) is 6.73. The maximum absolute atomic E-state index is 14.1. The summed E-state index contributed by atoms with van der Waals surface area (Å²) in [5.74, 6) is -2.14. The number of pyridine rings is 1. The van der Waals surface area contributed by atoms with E-state index in [-0.39, 0.29) is 12.2 Å². The number of halogens is 2. The van der Waals surface area contributed by atoms with Crippen molar-refractivity contribution in [3.8, 4) is 16.9 Å². The Kier molecular flexibility index (Phi) is 9.55. The lowest BCUT2D eigenvalue weighted by molar-refractivity contribution is -0.154. The highest BCUT2D eigenvalue weighted by atomic mass is 19.2. The Morgan fingerprint density at radius 1 is 1.07 bits per heavy atom. The van der Waals surface area contributed by atoms with E-state index in [1.807, 2.05) is 30.3 Å². The van der Waals surface area contributed by atoms with Gasteiger partial charge in [-0.15, -0.1) is 0 Å². The summed E-state index contributed by atoms with van der Waals surface area (Å²) in [6, 6.07) is 14.8. The standard InChI is InChI=1S/C30H31F2N7O5/c1-18-26(19-11-12-33-24(16-19)29(40)37-43-3)36-39(21-7-5-4-6-8-21)28(18)35-30(41)34-25-17-38(13-14-42-2)44-27(25)20-9-10-22(31)23(32)15-20/h4-12,15-16,25,27H,13-14,17H2,1-3H3,(H,37,40)(H2,34,35,41)/t25-,27+/m1/s1. The summed E-state index contributed by atoms with van der Waals surface area (Å²) in [6.07, 6.45) is 0.700. The van der Waals surface area contributed by atoms with E-state index in [1.54, 1.807) is 35.9 Å². The van der Waals surface area contributed by atoms with E-state index in [9.17, 15) is 18.4 Å². The number of para-hydroxylation sites is 1. The average molecular weight is 608 g/mol. The number of ether oxygens (including phenoxy) is 1. The molecule has 2 aromatic heterocycles. The van der Waals surface area contributed by atoms with Gasteiger partial charge in [-0.05, 0) is 48.9 Å². The molecule has 0 bridgehead atoms. The van der Waals surface area contributed by atoms with Gasteiger partial charge in [0.1, 0.15) is 17.6 Å². The number of carbonyl (C=O) groups is 2. The van der Waals surface area contributed by atoms with Crippen molar-refractivity contribution in [2.24, 2.45) is 0 Å². The molecule has 0 saturated carbocycles. The first-order valence-corrected chi connectivity index (χ1v) is 13.7. The Balaban J connectivity index is 1.44. The largest absolute Gasteiger partial charge is 0.383 e. The number of hydroxylamine groups is 3. The van der Waals surface area contributed by atoms with Crippen LogP contribution < -0.4 is 16.1 Å². The molecule has 2 atom stereocenters. The van der Waals surface area contributed by atoms with Crippen molar-refractivity contribution >= 4 is 17.8 Å². The molecule has 230 valence electrons. The lowest BCUT2D eigenvalue weighted by Crippen LogP contribution is -2.42. The first-order valence-electron chi connectivity index (χ1n) is 13.7. The Morgan fingerprint density at radius 2 is 1.86 bits per heavy atom. The summed E-state index contributed by atoms with van der Waals surface area (Å²) in [6.45, 7) is 2.83. The molecule has 1 aliphatic rings. The second-order valence-corrected chi connectivity index (χ2v) is 9.92. The number of nitrogens with zero attached hydrogens (tertiary/aromatic N) is 4. The monoisotopic (exact) mass is 607 g/mol. The summed E-state index contributed by atoms with van der Waals surface area (Å²) in [4.78, 5) is 40.6. The number of rotatable bonds is 10. The summed E-state index contributed by atoms with van der Waals surface area (Å²) in [5.41, 5.74) is 5.12. The van der Waals surface area contributed by atoms with Crippen molar-refractivity contribution < 1.29 is 32.8 Å². The van der Waals surface area contributed by atoms with Crippen molar-refractivity contribution in [2.45, 2.75) is 19.1 Å². The van der Waals surface area contributed by atoms with E-state index in [2.05, 4.69) is 21.1 Å². The van der Waals surface area contributed by atoms with Crippen molar-refractivity contribution in [1.29, 1.82) is 0 Å². The normalized spacial score (nSPS) is 16.6. The fourth-order valence-electron chi connectivity index (χ4n) is 4.87. The zero-order valence-corrected chi connectivity index (χ0v) is 24.2. The molecular weight excluding hydrogens is 576 g/mol. The number of urea groups is 1. The van der Waals surface area contributed by atoms with E-state index in [4.69, 9.17) is 19.5 Å². The lowest BCUT2D eigenvalue weighted by Gasteiger charge is -2.20. The van der Waals surface area contributed by atoms with Gasteiger partial charge < -0.3 is 10.1 Å². The summed E-state index contributed by atoms with van der Waals surface area (Å²) in [5, 5.41) is 12.2. The van der Waals surface area contributed by atoms with Crippen LogP contribution in [0.4, 0.5) is 19.4 Å². The second-order valence-electron chi connectivity index (χ2n) is 9.92. The first kappa shape index (κ1) is 30.7. The van der Waals surface area contributed by atoms with Gasteiger partial charge >= 0.3 is 6.03 Å². The van der Waals surface area contributed by atoms with Crippen molar-refractivity contribution in [3.05, 3.63) is 95.3 Å². The second kappa shape index (κ2) is 13.7. The van der Waals surface area contributed by atoms with Gasteiger partial charge in [0.2, 0.25) is 0 Å². The third-order valence-electron chi connectivity index (χ3n) is 6.98. The predicted molar refractivity (Wildman–Crippen MR) is 156 cm³/mol. The van der Waals surface area contributed by atoms with Crippen LogP contribution >= 0.6 is 0 Å². The van der Waals surface area contributed by atoms with E-state index in [0.29, 0.717) is 47.0 Å². The van der Waals surface area contributed by atoms with Gasteiger partial charge in [0.25, 0.3) is 5.91 Å². The molecule has 0 spiro atoms. The predicted octanol–water partition coefficient (Wildman–Crippen LogP) is 3.94. The van der Waals surface area contributed by atoms with Crippen molar-refractivity contribution in [3.63, 3.8) is 0 Å². The van der Waals surface area contributed by atoms with Crippen LogP contribution in [0.25, 0.3) is 16.9 Å². The van der Waals surface area contributed by atoms with E-state index in [1.165, 1.54) is 19.4 Å². The summed E-state index contributed by atoms with van der Waals surface area (Å²) < 4.78 is 34.5. The molecule has 3 N–H and O–H groups in total. The quantitative estimate of drug-likeness (QED) is 0.231. The highest BCUT2D eigenvalue weighted by molar-refractivity contribution is 5.93. The molecule has 0 unspecified atom stereocenters. The van der Waals surface area contributed by atoms with Crippen LogP contribution in [0, 0.1) is 18.6 Å². The first-order chi connectivity index (χ1) is 21.3. The number of benzene rings is 2. The number of anilines is 1. The van der Waals surface area contributed by atoms with Crippen LogP contribution in [0.2, 0.25) is 0 Å². The van der Waals surface area contributed by atoms with Crippen LogP contribution in [0.5, 0.6) is 0 Å². The van der Waals surface area contributed by atoms with Gasteiger partial charge in [-0.3, -0.25) is 24.8 Å². The number of hydrogen-bond donors (Lipinski definition) is 3. The minimum Gasteiger partial charge on any atom is -0.383 e. The molecule has 3 amide bonds. The molecule has 2 aromatic carbocycles. The summed E-state index contributed by atoms with van der Waals surface area (Å²) in [7, 11) is 2.88. The van der Waals surface area contributed by atoms with Crippen LogP contribution in [-0.4, -0.2) is 71.7 Å². The average Bonchev–Trinajstić information content (AvgIpc) is 3.58. The SMILES string of the molecule is COCCN1C[C@@H](NC(=O)Nc2c(C)c(-c3ccnc(C(=O)NOC)c3)nn2-c2ccccc2)[C@H](c2ccc(F)c(F)c2)O1. The lowest BCUT2D eigenvalue weighted by atomic mass is 10.0. The van der Waals surface area contributed by atoms with Gasteiger partial charge in [0.05, 0.1) is 31.1 Å². The maximum Gasteiger partial charge on any atom is 0.320 e. The molecule has 4 aromatic rings. The van der Waals surface area contributed by atoms with Gasteiger partial charge in [-0.1, -0.05) is 24.3 Å². The number of hydrogen-bond acceptors (Lipinski definition) is 8. The molecule has 14 heteroatoms. The fourth-order valence-corrected chi connectivity index (χ4v) is 4.87. The highest BCUT2D eigenvalue weighted by Gasteiger charge is 2.37. The van der Waals surface area contributed by atoms with Gasteiger partial charge in [-0.2, -0.15) is 10.2 Å². The van der Waals surface area contributed by atoms with E-state index in [0.717, 1.165) is 12.1 Å². The Morgan fingerprint density at radius 3 is 2.59 bits per heavy atom. The van der Waals surface area contributed by atoms with Crippen molar-refractivity contribution in [1.82, 2.24) is 30.6 Å².